The van der Waals surface area contributed by atoms with Crippen molar-refractivity contribution < 1.29 is 11.6 Å². The van der Waals surface area contributed by atoms with Crippen molar-refractivity contribution in [3.63, 3.8) is 0 Å². The van der Waals surface area contributed by atoms with Gasteiger partial charge in [-0.1, -0.05) is 57.5 Å². The molecule has 19 heavy (non-hydrogen) atoms. The number of hydrogen-bond acceptors (Lipinski definition) is 3. The number of benzene rings is 1. The summed E-state index contributed by atoms with van der Waals surface area (Å²) in [5.74, 6) is 1.02. The molecule has 1 aromatic rings. The minimum Gasteiger partial charge on any atom is -0.317 e. The third-order valence-corrected chi connectivity index (χ3v) is 3.11. The maximum atomic E-state index is 8.02. The topological polar surface area (TPSA) is 41.5 Å². The van der Waals surface area contributed by atoms with Crippen LogP contribution >= 0.6 is 0 Å². The number of hydrogen-bond donors (Lipinski definition) is 2. The van der Waals surface area contributed by atoms with E-state index in [2.05, 4.69) is 17.1 Å². The van der Waals surface area contributed by atoms with Gasteiger partial charge in [0.1, 0.15) is 6.61 Å². The largest absolute Gasteiger partial charge is 0.317 e. The van der Waals surface area contributed by atoms with Gasteiger partial charge >= 0.3 is 0 Å². The van der Waals surface area contributed by atoms with Crippen LogP contribution in [-0.2, 0) is 11.5 Å². The lowest BCUT2D eigenvalue weighted by Gasteiger charge is -2.20. The molecule has 1 aliphatic heterocycles. The van der Waals surface area contributed by atoms with Gasteiger partial charge in [-0.2, -0.15) is 0 Å². The number of nitrogens with one attached hydrogen (secondary N) is 1. The fourth-order valence-corrected chi connectivity index (χ4v) is 1.94. The molecular weight excluding hydrogens is 238 g/mol. The van der Waals surface area contributed by atoms with Crippen molar-refractivity contribution in [2.45, 2.75) is 46.6 Å². The normalized spacial score (nSPS) is 14.7. The molecular formula is C16H31NO2. The molecule has 2 N–H and O–H groups in total. The second-order valence-corrected chi connectivity index (χ2v) is 4.36. The smallest absolute Gasteiger partial charge is 0.107 e. The minimum absolute atomic E-state index is 0. The minimum atomic E-state index is 0. The first kappa shape index (κ1) is 18.1. The summed E-state index contributed by atoms with van der Waals surface area (Å²) in [5, 5.41) is 11.4. The summed E-state index contributed by atoms with van der Waals surface area (Å²) < 4.78 is 0. The molecule has 3 heteroatoms. The van der Waals surface area contributed by atoms with Crippen LogP contribution in [0.3, 0.4) is 0 Å². The van der Waals surface area contributed by atoms with Crippen LogP contribution in [0.4, 0.5) is 0 Å². The van der Waals surface area contributed by atoms with Crippen molar-refractivity contribution in [2.24, 2.45) is 5.92 Å². The van der Waals surface area contributed by atoms with Gasteiger partial charge in [-0.15, -0.1) is 0 Å². The van der Waals surface area contributed by atoms with Crippen molar-refractivity contribution in [3.8, 4) is 0 Å². The van der Waals surface area contributed by atoms with Crippen molar-refractivity contribution in [3.05, 3.63) is 35.9 Å². The molecule has 0 radical (unpaired) electrons. The molecule has 0 saturated carbocycles. The zero-order valence-corrected chi connectivity index (χ0v) is 12.6. The molecule has 0 aromatic heterocycles. The van der Waals surface area contributed by atoms with Crippen LogP contribution in [-0.4, -0.2) is 18.3 Å². The van der Waals surface area contributed by atoms with Crippen molar-refractivity contribution in [2.75, 3.05) is 13.1 Å². The molecule has 0 aliphatic carbocycles. The fourth-order valence-electron chi connectivity index (χ4n) is 1.94. The first-order valence-electron chi connectivity index (χ1n) is 7.37. The maximum Gasteiger partial charge on any atom is 0.107 e. The Balaban J connectivity index is 0. The summed E-state index contributed by atoms with van der Waals surface area (Å²) in [6, 6.07) is 9.48. The van der Waals surface area contributed by atoms with Crippen LogP contribution < -0.4 is 5.32 Å². The van der Waals surface area contributed by atoms with Crippen LogP contribution in [0, 0.1) is 5.92 Å². The maximum absolute atomic E-state index is 8.02. The Kier molecular flexibility index (Phi) is 12.9. The van der Waals surface area contributed by atoms with Gasteiger partial charge in [0, 0.05) is 1.43 Å². The Morgan fingerprint density at radius 1 is 1.21 bits per heavy atom. The standard InChI is InChI=1S/C7H15N.C7H8O2.C2H6.H2/c1-2-7-3-5-8-6-4-7;8-9-6-7-4-2-1-3-5-7;1-2;/h7-8H,2-6H2,1H3;1-5,8H,6H2;1-2H3;1H. The van der Waals surface area contributed by atoms with Gasteiger partial charge in [-0.05, 0) is 37.4 Å². The van der Waals surface area contributed by atoms with E-state index < -0.39 is 0 Å². The number of rotatable bonds is 3. The summed E-state index contributed by atoms with van der Waals surface area (Å²) in [4.78, 5) is 3.93. The molecule has 1 saturated heterocycles. The van der Waals surface area contributed by atoms with E-state index in [0.717, 1.165) is 11.5 Å². The molecule has 1 aliphatic rings. The summed E-state index contributed by atoms with van der Waals surface area (Å²) in [6.45, 7) is 9.05. The van der Waals surface area contributed by atoms with Gasteiger partial charge in [0.05, 0.1) is 0 Å². The van der Waals surface area contributed by atoms with E-state index in [4.69, 9.17) is 5.26 Å². The zero-order valence-electron chi connectivity index (χ0n) is 12.6. The van der Waals surface area contributed by atoms with Crippen LogP contribution in [0.25, 0.3) is 0 Å². The monoisotopic (exact) mass is 269 g/mol. The van der Waals surface area contributed by atoms with Gasteiger partial charge in [0.2, 0.25) is 0 Å². The molecule has 1 fully saturated rings. The van der Waals surface area contributed by atoms with Gasteiger partial charge in [0.25, 0.3) is 0 Å². The molecule has 1 aromatic carbocycles. The lowest BCUT2D eigenvalue weighted by Crippen LogP contribution is -2.27. The summed E-state index contributed by atoms with van der Waals surface area (Å²) in [5.41, 5.74) is 0.972. The second-order valence-electron chi connectivity index (χ2n) is 4.36. The van der Waals surface area contributed by atoms with Crippen molar-refractivity contribution in [1.29, 1.82) is 0 Å². The highest BCUT2D eigenvalue weighted by Gasteiger charge is 2.08. The van der Waals surface area contributed by atoms with Crippen LogP contribution in [0.2, 0.25) is 0 Å². The molecule has 0 atom stereocenters. The van der Waals surface area contributed by atoms with E-state index in [9.17, 15) is 0 Å². The van der Waals surface area contributed by atoms with Gasteiger partial charge in [-0.3, -0.25) is 5.26 Å². The first-order chi connectivity index (χ1) is 9.36. The Morgan fingerprint density at radius 2 is 1.79 bits per heavy atom. The third-order valence-electron chi connectivity index (χ3n) is 3.11. The number of piperidine rings is 1. The molecule has 0 amide bonds. The highest BCUT2D eigenvalue weighted by molar-refractivity contribution is 5.13. The van der Waals surface area contributed by atoms with Gasteiger partial charge < -0.3 is 5.32 Å². The lowest BCUT2D eigenvalue weighted by molar-refractivity contribution is -0.253. The predicted octanol–water partition coefficient (Wildman–Crippen LogP) is 4.34. The fraction of sp³-hybridized carbons (Fsp3) is 0.625. The van der Waals surface area contributed by atoms with Crippen LogP contribution in [0.5, 0.6) is 0 Å². The molecule has 3 nitrogen and oxygen atoms in total. The molecule has 1 heterocycles. The average Bonchev–Trinajstić information content (AvgIpc) is 2.52. The third kappa shape index (κ3) is 9.65. The summed E-state index contributed by atoms with van der Waals surface area (Å²) in [6.07, 6.45) is 4.18. The van der Waals surface area contributed by atoms with Crippen LogP contribution in [0.1, 0.15) is 47.0 Å². The molecule has 2 rings (SSSR count). The Hall–Kier alpha value is -0.900. The highest BCUT2D eigenvalue weighted by Crippen LogP contribution is 2.13. The quantitative estimate of drug-likeness (QED) is 0.633. The first-order valence-corrected chi connectivity index (χ1v) is 7.37. The molecule has 0 spiro atoms. The van der Waals surface area contributed by atoms with E-state index in [1.807, 2.05) is 44.2 Å². The van der Waals surface area contributed by atoms with Crippen molar-refractivity contribution in [1.82, 2.24) is 5.32 Å². The average molecular weight is 269 g/mol. The van der Waals surface area contributed by atoms with E-state index in [-0.39, 0.29) is 8.03 Å². The van der Waals surface area contributed by atoms with Gasteiger partial charge in [0.15, 0.2) is 0 Å². The Bertz CT molecular complexity index is 277. The molecule has 112 valence electrons. The van der Waals surface area contributed by atoms with Gasteiger partial charge in [-0.25, -0.2) is 4.89 Å². The Labute approximate surface area is 119 Å². The van der Waals surface area contributed by atoms with E-state index in [1.165, 1.54) is 32.4 Å². The lowest BCUT2D eigenvalue weighted by atomic mass is 9.96. The Morgan fingerprint density at radius 3 is 2.21 bits per heavy atom. The molecule has 0 bridgehead atoms. The second kappa shape index (κ2) is 13.5. The SMILES string of the molecule is CC.CCC1CCNCC1.OOCc1ccccc1.[HH]. The summed E-state index contributed by atoms with van der Waals surface area (Å²) >= 11 is 0. The van der Waals surface area contributed by atoms with E-state index in [1.54, 1.807) is 0 Å². The predicted molar refractivity (Wildman–Crippen MR) is 83.2 cm³/mol. The van der Waals surface area contributed by atoms with E-state index in [0.29, 0.717) is 0 Å². The highest BCUT2D eigenvalue weighted by atomic mass is 17.1. The van der Waals surface area contributed by atoms with Crippen LogP contribution in [0.15, 0.2) is 30.3 Å². The van der Waals surface area contributed by atoms with E-state index >= 15 is 0 Å². The van der Waals surface area contributed by atoms with Crippen molar-refractivity contribution >= 4 is 0 Å². The zero-order chi connectivity index (χ0) is 14.3. The molecule has 0 unspecified atom stereocenters. The summed E-state index contributed by atoms with van der Waals surface area (Å²) in [7, 11) is 0.